The molecule has 0 saturated carbocycles. The Morgan fingerprint density at radius 2 is 0.427 bits per heavy atom. The molecule has 4 heterocycles. The molecule has 16 aromatic carbocycles. The summed E-state index contributed by atoms with van der Waals surface area (Å²) in [5, 5.41) is 3.64. The summed E-state index contributed by atoms with van der Waals surface area (Å²) in [5.74, 6) is 3.19. The molecule has 4 aromatic heterocycles. The number of aromatic nitrogens is 6. The van der Waals surface area contributed by atoms with Crippen LogP contribution >= 0.6 is 0 Å². The Morgan fingerprint density at radius 1 is 0.145 bits per heavy atom. The van der Waals surface area contributed by atoms with Gasteiger partial charge in [-0.2, -0.15) is 0 Å². The monoisotopic (exact) mass is 1400 g/mol. The van der Waals surface area contributed by atoms with E-state index in [1.165, 1.54) is 27.8 Å². The predicted molar refractivity (Wildman–Crippen MR) is 449 cm³/mol. The van der Waals surface area contributed by atoms with Gasteiger partial charge in [-0.3, -0.25) is 0 Å². The molecule has 0 radical (unpaired) electrons. The van der Waals surface area contributed by atoms with E-state index in [0.29, 0.717) is 46.1 Å². The largest absolute Gasteiger partial charge is 0.456 e. The van der Waals surface area contributed by atoms with E-state index < -0.39 is 0 Å². The highest BCUT2D eigenvalue weighted by Gasteiger charge is 2.25. The molecule has 0 bridgehead atoms. The van der Waals surface area contributed by atoms with Crippen LogP contribution in [-0.4, -0.2) is 29.9 Å². The molecule has 0 N–H and O–H groups in total. The van der Waals surface area contributed by atoms with Crippen molar-refractivity contribution < 1.29 is 8.83 Å². The van der Waals surface area contributed by atoms with Crippen molar-refractivity contribution in [2.75, 3.05) is 0 Å². The van der Waals surface area contributed by atoms with Gasteiger partial charge < -0.3 is 8.83 Å². The molecule has 110 heavy (non-hydrogen) atoms. The van der Waals surface area contributed by atoms with Crippen LogP contribution in [0.3, 0.4) is 0 Å². The van der Waals surface area contributed by atoms with Crippen LogP contribution in [0.2, 0.25) is 0 Å². The number of hydrogen-bond donors (Lipinski definition) is 0. The summed E-state index contributed by atoms with van der Waals surface area (Å²) >= 11 is 0. The first kappa shape index (κ1) is 64.7. The van der Waals surface area contributed by atoms with Crippen molar-refractivity contribution in [2.24, 2.45) is 0 Å². The lowest BCUT2D eigenvalue weighted by Crippen LogP contribution is -2.01. The Balaban J connectivity index is 0.707. The van der Waals surface area contributed by atoms with E-state index in [-0.39, 0.29) is 0 Å². The Bertz CT molecular complexity index is 6820. The second-order valence-electron chi connectivity index (χ2n) is 27.6. The predicted octanol–water partition coefficient (Wildman–Crippen LogP) is 26.9. The summed E-state index contributed by atoms with van der Waals surface area (Å²) in [4.78, 5) is 31.9. The standard InChI is InChI=1S/C102H64N6O2/c1-6-26-65(27-7-1)72-36-22-38-75(60-72)83-45-20-21-46-84(83)76-39-23-37-73(61-76)74-54-58-92-90(63-74)95-88(102-106-97(69-30-10-3-11-31-69)103-98(107-102)70-32-12-4-13-33-70)57-56-86(96(95)110-92)77-40-24-41-79(62-77)100-104-99(71-34-14-5-15-35-71)105-101(108-100)87-48-25-49-93-94(87)89-64-78(55-59-91(89)109-93)85-47-19-18-44-82(85)68-52-50-67(51-53-68)81-43-17-16-42-80(81)66-28-8-2-9-29-66/h1-64H. The third-order valence-electron chi connectivity index (χ3n) is 20.9. The molecule has 0 unspecified atom stereocenters. The average Bonchev–Trinajstić information content (AvgIpc) is 1.56. The van der Waals surface area contributed by atoms with E-state index in [0.717, 1.165) is 138 Å². The van der Waals surface area contributed by atoms with Crippen molar-refractivity contribution in [2.45, 2.75) is 0 Å². The zero-order valence-electron chi connectivity index (χ0n) is 59.5. The van der Waals surface area contributed by atoms with Crippen LogP contribution in [0.5, 0.6) is 0 Å². The number of furan rings is 2. The topological polar surface area (TPSA) is 104 Å². The number of benzene rings is 16. The second-order valence-corrected chi connectivity index (χ2v) is 27.6. The summed E-state index contributed by atoms with van der Waals surface area (Å²) < 4.78 is 14.0. The molecule has 8 nitrogen and oxygen atoms in total. The van der Waals surface area contributed by atoms with E-state index >= 15 is 0 Å². The quantitative estimate of drug-likeness (QED) is 0.1000. The van der Waals surface area contributed by atoms with Gasteiger partial charge in [-0.25, -0.2) is 29.9 Å². The number of hydrogen-bond acceptors (Lipinski definition) is 8. The SMILES string of the molecule is c1ccc(-c2cccc(-c3ccccc3-c3cccc(-c4ccc5oc6c(-c7cccc(-c8nc(-c9ccccc9)nc(-c9cccc%10oc%11ccc(-c%12ccccc%12-c%12ccc(-c%13ccccc%13-c%13ccccc%13)cc%12)cc%11c9%10)n8)c7)ccc(-c7nc(-c8ccccc8)nc(-c8ccccc8)n7)c6c5c4)c3)c2)cc1. The maximum Gasteiger partial charge on any atom is 0.164 e. The summed E-state index contributed by atoms with van der Waals surface area (Å²) in [5.41, 5.74) is 27.8. The lowest BCUT2D eigenvalue weighted by Gasteiger charge is -2.13. The van der Waals surface area contributed by atoms with Crippen molar-refractivity contribution >= 4 is 43.9 Å². The highest BCUT2D eigenvalue weighted by Crippen LogP contribution is 2.47. The van der Waals surface area contributed by atoms with Gasteiger partial charge >= 0.3 is 0 Å². The maximum absolute atomic E-state index is 7.27. The molecule has 0 amide bonds. The minimum absolute atomic E-state index is 0.504. The third-order valence-corrected chi connectivity index (χ3v) is 20.9. The lowest BCUT2D eigenvalue weighted by molar-refractivity contribution is 0.669. The molecule has 0 aliphatic carbocycles. The van der Waals surface area contributed by atoms with Gasteiger partial charge in [0.2, 0.25) is 0 Å². The Hall–Kier alpha value is -14.9. The van der Waals surface area contributed by atoms with Crippen LogP contribution < -0.4 is 0 Å². The highest BCUT2D eigenvalue weighted by atomic mass is 16.3. The number of rotatable bonds is 15. The van der Waals surface area contributed by atoms with Crippen LogP contribution in [0, 0.1) is 0 Å². The first-order valence-corrected chi connectivity index (χ1v) is 37.0. The van der Waals surface area contributed by atoms with E-state index in [1.807, 2.05) is 103 Å². The molecule has 0 fully saturated rings. The average molecular weight is 1410 g/mol. The van der Waals surface area contributed by atoms with Crippen LogP contribution in [0.25, 0.3) is 212 Å². The molecular weight excluding hydrogens is 1340 g/mol. The molecule has 0 atom stereocenters. The fourth-order valence-corrected chi connectivity index (χ4v) is 15.5. The molecule has 0 spiro atoms. The van der Waals surface area contributed by atoms with Crippen molar-refractivity contribution in [3.63, 3.8) is 0 Å². The van der Waals surface area contributed by atoms with Crippen molar-refractivity contribution in [3.8, 4) is 168 Å². The smallest absolute Gasteiger partial charge is 0.164 e. The van der Waals surface area contributed by atoms with Gasteiger partial charge in [0.15, 0.2) is 34.9 Å². The van der Waals surface area contributed by atoms with Crippen molar-refractivity contribution in [3.05, 3.63) is 388 Å². The van der Waals surface area contributed by atoms with Gasteiger partial charge in [-0.1, -0.05) is 328 Å². The zero-order valence-corrected chi connectivity index (χ0v) is 59.5. The Kier molecular flexibility index (Phi) is 16.4. The Morgan fingerprint density at radius 3 is 0.927 bits per heavy atom. The van der Waals surface area contributed by atoms with E-state index in [2.05, 4.69) is 285 Å². The second kappa shape index (κ2) is 27.9. The van der Waals surface area contributed by atoms with Crippen LogP contribution in [0.15, 0.2) is 397 Å². The van der Waals surface area contributed by atoms with Gasteiger partial charge in [-0.05, 0) is 155 Å². The fraction of sp³-hybridized carbons (Fsp3) is 0. The van der Waals surface area contributed by atoms with E-state index in [9.17, 15) is 0 Å². The summed E-state index contributed by atoms with van der Waals surface area (Å²) in [7, 11) is 0. The van der Waals surface area contributed by atoms with E-state index in [1.54, 1.807) is 0 Å². The van der Waals surface area contributed by atoms with Crippen molar-refractivity contribution in [1.29, 1.82) is 0 Å². The maximum atomic E-state index is 7.27. The third kappa shape index (κ3) is 12.1. The van der Waals surface area contributed by atoms with E-state index in [4.69, 9.17) is 38.7 Å². The van der Waals surface area contributed by atoms with Gasteiger partial charge in [0.05, 0.1) is 0 Å². The van der Waals surface area contributed by atoms with Gasteiger partial charge in [0.1, 0.15) is 22.3 Å². The van der Waals surface area contributed by atoms with Gasteiger partial charge in [0.25, 0.3) is 0 Å². The van der Waals surface area contributed by atoms with Crippen molar-refractivity contribution in [1.82, 2.24) is 29.9 Å². The number of fused-ring (bicyclic) bond motifs is 6. The summed E-state index contributed by atoms with van der Waals surface area (Å²) in [6, 6.07) is 136. The molecule has 20 aromatic rings. The normalized spacial score (nSPS) is 11.5. The summed E-state index contributed by atoms with van der Waals surface area (Å²) in [6.07, 6.45) is 0. The minimum atomic E-state index is 0.504. The zero-order chi connectivity index (χ0) is 72.9. The molecule has 0 aliphatic rings. The van der Waals surface area contributed by atoms with Crippen LogP contribution in [-0.2, 0) is 0 Å². The molecule has 0 saturated heterocycles. The summed E-state index contributed by atoms with van der Waals surface area (Å²) in [6.45, 7) is 0. The van der Waals surface area contributed by atoms with Crippen LogP contribution in [0.1, 0.15) is 0 Å². The molecule has 8 heteroatoms. The lowest BCUT2D eigenvalue weighted by atomic mass is 9.91. The molecule has 514 valence electrons. The van der Waals surface area contributed by atoms with Crippen LogP contribution in [0.4, 0.5) is 0 Å². The van der Waals surface area contributed by atoms with Gasteiger partial charge in [0, 0.05) is 60.5 Å². The fourth-order valence-electron chi connectivity index (χ4n) is 15.5. The van der Waals surface area contributed by atoms with Gasteiger partial charge in [-0.15, -0.1) is 0 Å². The molecule has 0 aliphatic heterocycles. The molecular formula is C102H64N6O2. The number of nitrogens with zero attached hydrogens (tertiary/aromatic N) is 6. The highest BCUT2D eigenvalue weighted by molar-refractivity contribution is 6.17. The first-order chi connectivity index (χ1) is 54.5. The first-order valence-electron chi connectivity index (χ1n) is 37.0. The minimum Gasteiger partial charge on any atom is -0.456 e. The Labute approximate surface area is 635 Å². The molecule has 20 rings (SSSR count).